The molecule has 1 aromatic carbocycles. The van der Waals surface area contributed by atoms with Crippen LogP contribution in [-0.2, 0) is 11.2 Å². The summed E-state index contributed by atoms with van der Waals surface area (Å²) in [6.07, 6.45) is 7.38. The van der Waals surface area contributed by atoms with E-state index in [0.29, 0.717) is 12.3 Å². The number of aryl methyl sites for hydroxylation is 1. The lowest BCUT2D eigenvalue weighted by Gasteiger charge is -2.33. The second-order valence-corrected chi connectivity index (χ2v) is 7.74. The second kappa shape index (κ2) is 10.8. The van der Waals surface area contributed by atoms with Crippen molar-refractivity contribution in [1.82, 2.24) is 9.97 Å². The van der Waals surface area contributed by atoms with Gasteiger partial charge in [-0.3, -0.25) is 4.79 Å². The maximum Gasteiger partial charge on any atom is 0.224 e. The van der Waals surface area contributed by atoms with Crippen LogP contribution in [0.15, 0.2) is 36.7 Å². The molecule has 1 fully saturated rings. The molecule has 3 rings (SSSR count). The summed E-state index contributed by atoms with van der Waals surface area (Å²) in [5, 5.41) is 6.42. The fourth-order valence-corrected chi connectivity index (χ4v) is 3.88. The van der Waals surface area contributed by atoms with E-state index in [1.807, 2.05) is 24.3 Å². The molecule has 1 aliphatic rings. The lowest BCUT2D eigenvalue weighted by atomic mass is 9.93. The van der Waals surface area contributed by atoms with E-state index in [2.05, 4.69) is 45.4 Å². The molecule has 1 aliphatic heterocycles. The molecule has 1 atom stereocenters. The number of carbonyl (C=O) groups excluding carboxylic acids is 1. The van der Waals surface area contributed by atoms with E-state index in [1.165, 1.54) is 12.0 Å². The largest absolute Gasteiger partial charge is 0.370 e. The van der Waals surface area contributed by atoms with Gasteiger partial charge in [-0.2, -0.15) is 0 Å². The molecule has 0 spiro atoms. The quantitative estimate of drug-likeness (QED) is 0.654. The number of hydrogen-bond donors (Lipinski definition) is 2. The first-order valence-corrected chi connectivity index (χ1v) is 10.9. The number of para-hydroxylation sites is 1. The van der Waals surface area contributed by atoms with Crippen LogP contribution in [0.2, 0.25) is 0 Å². The Morgan fingerprint density at radius 1 is 1.24 bits per heavy atom. The first-order valence-electron chi connectivity index (χ1n) is 10.9. The number of rotatable bonds is 9. The van der Waals surface area contributed by atoms with Gasteiger partial charge in [0.2, 0.25) is 5.91 Å². The van der Waals surface area contributed by atoms with Gasteiger partial charge in [0.15, 0.2) is 0 Å². The Hall–Kier alpha value is -2.63. The van der Waals surface area contributed by atoms with Crippen LogP contribution in [0.25, 0.3) is 0 Å². The molecule has 0 radical (unpaired) electrons. The molecule has 1 saturated heterocycles. The van der Waals surface area contributed by atoms with Crippen molar-refractivity contribution in [3.8, 4) is 0 Å². The summed E-state index contributed by atoms with van der Waals surface area (Å²) in [6.45, 7) is 7.12. The maximum absolute atomic E-state index is 12.5. The minimum Gasteiger partial charge on any atom is -0.370 e. The third kappa shape index (κ3) is 6.17. The highest BCUT2D eigenvalue weighted by atomic mass is 16.1. The molecule has 6 nitrogen and oxygen atoms in total. The number of nitrogens with one attached hydrogen (secondary N) is 2. The summed E-state index contributed by atoms with van der Waals surface area (Å²) in [5.41, 5.74) is 2.12. The smallest absolute Gasteiger partial charge is 0.224 e. The molecular weight excluding hydrogens is 362 g/mol. The Balaban J connectivity index is 1.51. The van der Waals surface area contributed by atoms with Crippen molar-refractivity contribution in [2.75, 3.05) is 35.2 Å². The lowest BCUT2D eigenvalue weighted by Crippen LogP contribution is -2.36. The van der Waals surface area contributed by atoms with Gasteiger partial charge in [-0.1, -0.05) is 32.0 Å². The zero-order chi connectivity index (χ0) is 20.5. The summed E-state index contributed by atoms with van der Waals surface area (Å²) in [4.78, 5) is 23.6. The van der Waals surface area contributed by atoms with Crippen molar-refractivity contribution >= 4 is 23.2 Å². The molecule has 2 heterocycles. The predicted molar refractivity (Wildman–Crippen MR) is 119 cm³/mol. The molecule has 1 amide bonds. The van der Waals surface area contributed by atoms with Crippen LogP contribution in [0.3, 0.4) is 0 Å². The normalized spacial score (nSPS) is 16.5. The summed E-state index contributed by atoms with van der Waals surface area (Å²) in [7, 11) is 0. The van der Waals surface area contributed by atoms with Gasteiger partial charge in [-0.05, 0) is 49.7 Å². The highest BCUT2D eigenvalue weighted by Gasteiger charge is 2.22. The Morgan fingerprint density at radius 2 is 2.10 bits per heavy atom. The number of benzene rings is 1. The van der Waals surface area contributed by atoms with Crippen LogP contribution >= 0.6 is 0 Å². The Morgan fingerprint density at radius 3 is 2.93 bits per heavy atom. The first kappa shape index (κ1) is 21.1. The van der Waals surface area contributed by atoms with Gasteiger partial charge in [0.05, 0.1) is 0 Å². The maximum atomic E-state index is 12.5. The number of aromatic nitrogens is 2. The molecule has 0 saturated carbocycles. The Bertz CT molecular complexity index is 794. The van der Waals surface area contributed by atoms with E-state index in [4.69, 9.17) is 0 Å². The number of carbonyl (C=O) groups is 1. The molecule has 1 aromatic heterocycles. The van der Waals surface area contributed by atoms with Crippen LogP contribution in [-0.4, -0.2) is 35.5 Å². The number of nitrogens with zero attached hydrogens (tertiary/aromatic N) is 3. The topological polar surface area (TPSA) is 70.2 Å². The number of anilines is 3. The standard InChI is InChI=1S/C23H33N5O/c1-3-13-24-21-15-22(26-17-25-21)28-14-7-8-18(16-28)11-12-23(29)27-20-10-6-5-9-19(20)4-2/h5-6,9-10,15,17-18H,3-4,7-8,11-14,16H2,1-2H3,(H,27,29)(H,24,25,26)/t18-/m1/s1. The predicted octanol–water partition coefficient (Wildman–Crippen LogP) is 4.50. The Kier molecular flexibility index (Phi) is 7.85. The summed E-state index contributed by atoms with van der Waals surface area (Å²) < 4.78 is 0. The third-order valence-electron chi connectivity index (χ3n) is 5.50. The molecule has 0 unspecified atom stereocenters. The number of piperidine rings is 1. The fourth-order valence-electron chi connectivity index (χ4n) is 3.88. The Labute approximate surface area is 174 Å². The van der Waals surface area contributed by atoms with Gasteiger partial charge < -0.3 is 15.5 Å². The zero-order valence-electron chi connectivity index (χ0n) is 17.7. The van der Waals surface area contributed by atoms with Crippen LogP contribution in [0.1, 0.15) is 51.5 Å². The van der Waals surface area contributed by atoms with E-state index < -0.39 is 0 Å². The summed E-state index contributed by atoms with van der Waals surface area (Å²) in [5.74, 6) is 2.48. The minimum atomic E-state index is 0.108. The molecule has 6 heteroatoms. The number of hydrogen-bond acceptors (Lipinski definition) is 5. The van der Waals surface area contributed by atoms with E-state index in [0.717, 1.165) is 62.6 Å². The lowest BCUT2D eigenvalue weighted by molar-refractivity contribution is -0.116. The summed E-state index contributed by atoms with van der Waals surface area (Å²) in [6, 6.07) is 10.1. The summed E-state index contributed by atoms with van der Waals surface area (Å²) >= 11 is 0. The van der Waals surface area contributed by atoms with Gasteiger partial charge in [-0.25, -0.2) is 9.97 Å². The van der Waals surface area contributed by atoms with Crippen LogP contribution in [0, 0.1) is 5.92 Å². The molecule has 2 aromatic rings. The van der Waals surface area contributed by atoms with E-state index >= 15 is 0 Å². The van der Waals surface area contributed by atoms with Gasteiger partial charge in [0.1, 0.15) is 18.0 Å². The van der Waals surface area contributed by atoms with E-state index in [9.17, 15) is 4.79 Å². The molecule has 29 heavy (non-hydrogen) atoms. The number of amides is 1. The highest BCUT2D eigenvalue weighted by molar-refractivity contribution is 5.91. The van der Waals surface area contributed by atoms with Crippen molar-refractivity contribution in [3.05, 3.63) is 42.2 Å². The van der Waals surface area contributed by atoms with Crippen LogP contribution < -0.4 is 15.5 Å². The van der Waals surface area contributed by atoms with E-state index in [1.54, 1.807) is 6.33 Å². The zero-order valence-corrected chi connectivity index (χ0v) is 17.7. The molecule has 2 N–H and O–H groups in total. The molecular formula is C23H33N5O. The van der Waals surface area contributed by atoms with Crippen LogP contribution in [0.4, 0.5) is 17.3 Å². The van der Waals surface area contributed by atoms with Crippen molar-refractivity contribution in [1.29, 1.82) is 0 Å². The fraction of sp³-hybridized carbons (Fsp3) is 0.522. The SMILES string of the molecule is CCCNc1cc(N2CCC[C@H](CCC(=O)Nc3ccccc3CC)C2)ncn1. The van der Waals surface area contributed by atoms with Gasteiger partial charge in [0.25, 0.3) is 0 Å². The highest BCUT2D eigenvalue weighted by Crippen LogP contribution is 2.26. The molecule has 0 aliphatic carbocycles. The average molecular weight is 396 g/mol. The third-order valence-corrected chi connectivity index (χ3v) is 5.50. The van der Waals surface area contributed by atoms with Gasteiger partial charge in [0, 0.05) is 37.8 Å². The minimum absolute atomic E-state index is 0.108. The van der Waals surface area contributed by atoms with Gasteiger partial charge >= 0.3 is 0 Å². The van der Waals surface area contributed by atoms with Crippen molar-refractivity contribution < 1.29 is 4.79 Å². The first-order chi connectivity index (χ1) is 14.2. The average Bonchev–Trinajstić information content (AvgIpc) is 2.77. The second-order valence-electron chi connectivity index (χ2n) is 7.74. The molecule has 0 bridgehead atoms. The van der Waals surface area contributed by atoms with Crippen molar-refractivity contribution in [2.45, 2.75) is 52.4 Å². The van der Waals surface area contributed by atoms with E-state index in [-0.39, 0.29) is 5.91 Å². The monoisotopic (exact) mass is 395 g/mol. The van der Waals surface area contributed by atoms with Crippen molar-refractivity contribution in [2.24, 2.45) is 5.92 Å². The van der Waals surface area contributed by atoms with Crippen LogP contribution in [0.5, 0.6) is 0 Å². The van der Waals surface area contributed by atoms with Gasteiger partial charge in [-0.15, -0.1) is 0 Å². The van der Waals surface area contributed by atoms with Crippen molar-refractivity contribution in [3.63, 3.8) is 0 Å². The molecule has 156 valence electrons.